The second-order valence-electron chi connectivity index (χ2n) is 25.2. The first-order valence-corrected chi connectivity index (χ1v) is 37.9. The molecule has 0 aliphatic heterocycles. The van der Waals surface area contributed by atoms with Crippen LogP contribution in [0.2, 0.25) is 0 Å². The van der Waals surface area contributed by atoms with Gasteiger partial charge in [-0.2, -0.15) is 0 Å². The SMILES string of the molecule is CCCCCCCCCCCCC(=O)OC[C@H](COP(=O)(O)OC[C@H](O)COP(=O)(O)OC[C@@H](COC(=O)CCCCCCCCCCC(C)CC)OC(=O)CCCCCCCCCCCC(C)C)OC(=O)CCCCCCCCCCC(C)CC. The van der Waals surface area contributed by atoms with Gasteiger partial charge in [-0.25, -0.2) is 9.13 Å². The van der Waals surface area contributed by atoms with E-state index in [0.717, 1.165) is 108 Å². The van der Waals surface area contributed by atoms with Gasteiger partial charge in [0.15, 0.2) is 12.2 Å². The van der Waals surface area contributed by atoms with Crippen molar-refractivity contribution in [2.45, 2.75) is 349 Å². The summed E-state index contributed by atoms with van der Waals surface area (Å²) < 4.78 is 68.1. The smallest absolute Gasteiger partial charge is 0.462 e. The summed E-state index contributed by atoms with van der Waals surface area (Å²) in [5.41, 5.74) is 0. The monoisotopic (exact) mass is 1270 g/mol. The van der Waals surface area contributed by atoms with Crippen LogP contribution in [0.25, 0.3) is 0 Å². The second kappa shape index (κ2) is 58.2. The molecule has 0 aliphatic rings. The molecule has 0 rings (SSSR count). The quantitative estimate of drug-likeness (QED) is 0.0222. The summed E-state index contributed by atoms with van der Waals surface area (Å²) in [5, 5.41) is 10.6. The van der Waals surface area contributed by atoms with Crippen LogP contribution in [-0.2, 0) is 65.4 Å². The van der Waals surface area contributed by atoms with Crippen molar-refractivity contribution in [3.05, 3.63) is 0 Å². The predicted octanol–water partition coefficient (Wildman–Crippen LogP) is 18.7. The summed E-state index contributed by atoms with van der Waals surface area (Å²) in [6.45, 7) is 11.8. The topological polar surface area (TPSA) is 237 Å². The van der Waals surface area contributed by atoms with Crippen LogP contribution in [0.15, 0.2) is 0 Å². The summed E-state index contributed by atoms with van der Waals surface area (Å²) in [4.78, 5) is 72.4. The second-order valence-corrected chi connectivity index (χ2v) is 28.1. The van der Waals surface area contributed by atoms with Gasteiger partial charge < -0.3 is 33.8 Å². The molecule has 0 aromatic rings. The van der Waals surface area contributed by atoms with Crippen LogP contribution in [0.5, 0.6) is 0 Å². The van der Waals surface area contributed by atoms with Crippen LogP contribution >= 0.6 is 15.6 Å². The number of rotatable bonds is 65. The molecule has 510 valence electrons. The first-order chi connectivity index (χ1) is 41.3. The predicted molar refractivity (Wildman–Crippen MR) is 344 cm³/mol. The molecule has 0 amide bonds. The zero-order chi connectivity index (χ0) is 63.8. The third kappa shape index (κ3) is 58.4. The van der Waals surface area contributed by atoms with Gasteiger partial charge in [0.1, 0.15) is 19.3 Å². The number of phosphoric ester groups is 2. The Hall–Kier alpha value is -1.94. The first kappa shape index (κ1) is 84.1. The molecule has 3 N–H and O–H groups in total. The Morgan fingerprint density at radius 3 is 0.884 bits per heavy atom. The molecule has 0 fully saturated rings. The van der Waals surface area contributed by atoms with Crippen molar-refractivity contribution in [2.24, 2.45) is 17.8 Å². The molecule has 0 aromatic carbocycles. The standard InChI is InChI=1S/C67H130O17P2/c1-8-11-12-13-14-15-18-27-34-41-48-64(69)77-54-63(84-67(72)51-44-37-30-23-21-26-33-40-47-60(7)10-3)57-82-86(75,76)80-53-61(68)52-79-85(73,74)81-56-62(83-66(71)50-43-36-29-19-16-17-24-31-38-45-58(4)5)55-78-65(70)49-42-35-28-22-20-25-32-39-46-59(6)9-2/h58-63,68H,8-57H2,1-7H3,(H,73,74)(H,75,76)/t59?,60?,61-,62-,63-/m1/s1. The van der Waals surface area contributed by atoms with E-state index >= 15 is 0 Å². The zero-order valence-electron chi connectivity index (χ0n) is 55.8. The maximum Gasteiger partial charge on any atom is 0.472 e. The Morgan fingerprint density at radius 1 is 0.337 bits per heavy atom. The van der Waals surface area contributed by atoms with Gasteiger partial charge in [0.25, 0.3) is 0 Å². The van der Waals surface area contributed by atoms with Gasteiger partial charge in [-0.1, -0.05) is 280 Å². The number of esters is 4. The molecule has 0 aliphatic carbocycles. The summed E-state index contributed by atoms with van der Waals surface area (Å²) in [6, 6.07) is 0. The number of carbonyl (C=O) groups is 4. The van der Waals surface area contributed by atoms with Crippen molar-refractivity contribution in [3.8, 4) is 0 Å². The highest BCUT2D eigenvalue weighted by Crippen LogP contribution is 2.45. The molecule has 0 bridgehead atoms. The minimum absolute atomic E-state index is 0.104. The van der Waals surface area contributed by atoms with Crippen LogP contribution in [-0.4, -0.2) is 96.7 Å². The summed E-state index contributed by atoms with van der Waals surface area (Å²) in [5.74, 6) is 0.151. The first-order valence-electron chi connectivity index (χ1n) is 34.9. The molecule has 0 saturated carbocycles. The molecule has 4 unspecified atom stereocenters. The van der Waals surface area contributed by atoms with Crippen LogP contribution in [0, 0.1) is 17.8 Å². The van der Waals surface area contributed by atoms with E-state index in [0.29, 0.717) is 25.7 Å². The van der Waals surface area contributed by atoms with E-state index in [4.69, 9.17) is 37.0 Å². The molecule has 86 heavy (non-hydrogen) atoms. The number of hydrogen-bond donors (Lipinski definition) is 3. The van der Waals surface area contributed by atoms with Gasteiger partial charge in [-0.3, -0.25) is 37.3 Å². The molecule has 17 nitrogen and oxygen atoms in total. The number of ether oxygens (including phenoxy) is 4. The number of unbranched alkanes of at least 4 members (excludes halogenated alkanes) is 31. The van der Waals surface area contributed by atoms with E-state index in [1.165, 1.54) is 141 Å². The largest absolute Gasteiger partial charge is 0.472 e. The van der Waals surface area contributed by atoms with Crippen molar-refractivity contribution in [3.63, 3.8) is 0 Å². The Morgan fingerprint density at radius 2 is 0.593 bits per heavy atom. The van der Waals surface area contributed by atoms with E-state index in [2.05, 4.69) is 48.5 Å². The summed E-state index contributed by atoms with van der Waals surface area (Å²) >= 11 is 0. The Bertz CT molecular complexity index is 1700. The van der Waals surface area contributed by atoms with Gasteiger partial charge in [0.2, 0.25) is 0 Å². The van der Waals surface area contributed by atoms with E-state index in [9.17, 15) is 43.2 Å². The van der Waals surface area contributed by atoms with Crippen LogP contribution < -0.4 is 0 Å². The molecular formula is C67H130O17P2. The normalized spacial score (nSPS) is 14.9. The molecule has 0 aromatic heterocycles. The molecule has 0 saturated heterocycles. The third-order valence-electron chi connectivity index (χ3n) is 16.1. The Labute approximate surface area is 524 Å². The number of aliphatic hydroxyl groups excluding tert-OH is 1. The molecule has 0 radical (unpaired) electrons. The van der Waals surface area contributed by atoms with Gasteiger partial charge in [-0.05, 0) is 43.4 Å². The van der Waals surface area contributed by atoms with Crippen molar-refractivity contribution in [2.75, 3.05) is 39.6 Å². The van der Waals surface area contributed by atoms with E-state index < -0.39 is 97.5 Å². The maximum atomic E-state index is 13.0. The fourth-order valence-electron chi connectivity index (χ4n) is 9.95. The van der Waals surface area contributed by atoms with Gasteiger partial charge >= 0.3 is 39.5 Å². The van der Waals surface area contributed by atoms with Crippen LogP contribution in [0.4, 0.5) is 0 Å². The molecule has 19 heteroatoms. The van der Waals surface area contributed by atoms with Crippen LogP contribution in [0.1, 0.15) is 331 Å². The lowest BCUT2D eigenvalue weighted by molar-refractivity contribution is -0.161. The number of phosphoric acid groups is 2. The average molecular weight is 1270 g/mol. The highest BCUT2D eigenvalue weighted by atomic mass is 31.2. The minimum Gasteiger partial charge on any atom is -0.462 e. The highest BCUT2D eigenvalue weighted by molar-refractivity contribution is 7.47. The molecular weight excluding hydrogens is 1140 g/mol. The maximum absolute atomic E-state index is 13.0. The molecule has 7 atom stereocenters. The van der Waals surface area contributed by atoms with Crippen molar-refractivity contribution in [1.29, 1.82) is 0 Å². The van der Waals surface area contributed by atoms with Gasteiger partial charge in [-0.15, -0.1) is 0 Å². The lowest BCUT2D eigenvalue weighted by atomic mass is 9.99. The number of carbonyl (C=O) groups excluding carboxylic acids is 4. The van der Waals surface area contributed by atoms with Gasteiger partial charge in [0, 0.05) is 25.7 Å². The average Bonchev–Trinajstić information content (AvgIpc) is 3.57. The molecule has 0 spiro atoms. The lowest BCUT2D eigenvalue weighted by Crippen LogP contribution is -2.30. The van der Waals surface area contributed by atoms with Crippen LogP contribution in [0.3, 0.4) is 0 Å². The van der Waals surface area contributed by atoms with Crippen molar-refractivity contribution in [1.82, 2.24) is 0 Å². The fourth-order valence-corrected chi connectivity index (χ4v) is 11.5. The third-order valence-corrected chi connectivity index (χ3v) is 18.0. The van der Waals surface area contributed by atoms with E-state index in [1.807, 2.05) is 0 Å². The van der Waals surface area contributed by atoms with Crippen molar-refractivity contribution >= 4 is 39.5 Å². The Kier molecular flexibility index (Phi) is 56.9. The van der Waals surface area contributed by atoms with Gasteiger partial charge in [0.05, 0.1) is 26.4 Å². The zero-order valence-corrected chi connectivity index (χ0v) is 57.6. The number of hydrogen-bond acceptors (Lipinski definition) is 15. The fraction of sp³-hybridized carbons (Fsp3) is 0.940. The van der Waals surface area contributed by atoms with Crippen molar-refractivity contribution < 1.29 is 80.2 Å². The summed E-state index contributed by atoms with van der Waals surface area (Å²) in [6.07, 6.45) is 40.1. The minimum atomic E-state index is -4.95. The Balaban J connectivity index is 5.27. The van der Waals surface area contributed by atoms with E-state index in [1.54, 1.807) is 0 Å². The lowest BCUT2D eigenvalue weighted by Gasteiger charge is -2.21. The molecule has 0 heterocycles. The highest BCUT2D eigenvalue weighted by Gasteiger charge is 2.30. The van der Waals surface area contributed by atoms with E-state index in [-0.39, 0.29) is 25.7 Å². The summed E-state index contributed by atoms with van der Waals surface area (Å²) in [7, 11) is -9.90. The number of aliphatic hydroxyl groups is 1.